The van der Waals surface area contributed by atoms with E-state index in [4.69, 9.17) is 0 Å². The summed E-state index contributed by atoms with van der Waals surface area (Å²) in [7, 11) is 0. The van der Waals surface area contributed by atoms with Crippen molar-refractivity contribution in [2.24, 2.45) is 5.92 Å². The first kappa shape index (κ1) is 14.5. The van der Waals surface area contributed by atoms with Crippen LogP contribution in [0.2, 0.25) is 0 Å². The highest BCUT2D eigenvalue weighted by molar-refractivity contribution is 5.49. The van der Waals surface area contributed by atoms with Gasteiger partial charge in [0.05, 0.1) is 0 Å². The van der Waals surface area contributed by atoms with Crippen molar-refractivity contribution in [1.29, 1.82) is 0 Å². The van der Waals surface area contributed by atoms with E-state index in [0.29, 0.717) is 6.04 Å². The average molecular weight is 312 g/mol. The molecule has 1 atom stereocenters. The second-order valence-electron chi connectivity index (χ2n) is 6.70. The van der Waals surface area contributed by atoms with Gasteiger partial charge >= 0.3 is 0 Å². The maximum absolute atomic E-state index is 4.52. The molecule has 0 unspecified atom stereocenters. The molecule has 1 saturated heterocycles. The molecular weight excluding hydrogens is 288 g/mol. The van der Waals surface area contributed by atoms with Gasteiger partial charge in [0.2, 0.25) is 0 Å². The molecular formula is C17H24N6. The molecule has 3 heterocycles. The van der Waals surface area contributed by atoms with Crippen LogP contribution in [0.3, 0.4) is 0 Å². The first-order valence-electron chi connectivity index (χ1n) is 8.60. The number of anilines is 2. The summed E-state index contributed by atoms with van der Waals surface area (Å²) in [5.74, 6) is 3.91. The molecule has 1 saturated carbocycles. The zero-order valence-electron chi connectivity index (χ0n) is 13.6. The number of nitrogens with zero attached hydrogens (tertiary/aromatic N) is 5. The Morgan fingerprint density at radius 2 is 2.13 bits per heavy atom. The molecule has 0 aromatic carbocycles. The standard InChI is InChI=1S/C17H24N6/c1-13-18-6-8-22(13)11-15-3-2-7-23(15)17-9-16(20-12-21-17)19-10-14-4-5-14/h6,8-9,12,14-15H,2-5,7,10-11H2,1H3,(H,19,20,21)/t15-/m1/s1. The number of hydrogen-bond donors (Lipinski definition) is 1. The summed E-state index contributed by atoms with van der Waals surface area (Å²) in [5, 5.41) is 3.45. The van der Waals surface area contributed by atoms with Crippen LogP contribution < -0.4 is 10.2 Å². The van der Waals surface area contributed by atoms with Gasteiger partial charge in [-0.3, -0.25) is 0 Å². The first-order valence-corrected chi connectivity index (χ1v) is 8.60. The van der Waals surface area contributed by atoms with E-state index in [-0.39, 0.29) is 0 Å². The van der Waals surface area contributed by atoms with Crippen LogP contribution in [-0.4, -0.2) is 38.7 Å². The molecule has 2 aromatic rings. The Hall–Kier alpha value is -2.11. The monoisotopic (exact) mass is 312 g/mol. The predicted molar refractivity (Wildman–Crippen MR) is 90.6 cm³/mol. The highest BCUT2D eigenvalue weighted by atomic mass is 15.3. The van der Waals surface area contributed by atoms with Crippen LogP contribution in [0.25, 0.3) is 0 Å². The Morgan fingerprint density at radius 3 is 2.91 bits per heavy atom. The first-order chi connectivity index (χ1) is 11.3. The molecule has 2 aliphatic rings. The fourth-order valence-corrected chi connectivity index (χ4v) is 3.32. The summed E-state index contributed by atoms with van der Waals surface area (Å²) in [6.45, 7) is 5.14. The minimum Gasteiger partial charge on any atom is -0.370 e. The van der Waals surface area contributed by atoms with Crippen molar-refractivity contribution in [3.05, 3.63) is 30.6 Å². The van der Waals surface area contributed by atoms with Gasteiger partial charge in [0.25, 0.3) is 0 Å². The van der Waals surface area contributed by atoms with Crippen LogP contribution in [0, 0.1) is 12.8 Å². The van der Waals surface area contributed by atoms with E-state index < -0.39 is 0 Å². The van der Waals surface area contributed by atoms with Gasteiger partial charge in [0.1, 0.15) is 23.8 Å². The van der Waals surface area contributed by atoms with E-state index in [1.165, 1.54) is 25.7 Å². The van der Waals surface area contributed by atoms with Crippen LogP contribution >= 0.6 is 0 Å². The summed E-state index contributed by atoms with van der Waals surface area (Å²) in [4.78, 5) is 15.6. The maximum atomic E-state index is 4.52. The summed E-state index contributed by atoms with van der Waals surface area (Å²) in [5.41, 5.74) is 0. The fraction of sp³-hybridized carbons (Fsp3) is 0.588. The van der Waals surface area contributed by atoms with E-state index in [9.17, 15) is 0 Å². The zero-order chi connectivity index (χ0) is 15.6. The lowest BCUT2D eigenvalue weighted by molar-refractivity contribution is 0.538. The molecule has 0 amide bonds. The topological polar surface area (TPSA) is 58.9 Å². The van der Waals surface area contributed by atoms with Crippen LogP contribution in [0.5, 0.6) is 0 Å². The van der Waals surface area contributed by atoms with Crippen molar-refractivity contribution in [3.63, 3.8) is 0 Å². The summed E-state index contributed by atoms with van der Waals surface area (Å²) >= 11 is 0. The van der Waals surface area contributed by atoms with Crippen LogP contribution in [0.1, 0.15) is 31.5 Å². The molecule has 2 aromatic heterocycles. The largest absolute Gasteiger partial charge is 0.370 e. The quantitative estimate of drug-likeness (QED) is 0.888. The Kier molecular flexibility index (Phi) is 3.89. The van der Waals surface area contributed by atoms with E-state index in [1.807, 2.05) is 6.20 Å². The minimum absolute atomic E-state index is 0.481. The molecule has 1 aliphatic heterocycles. The van der Waals surface area contributed by atoms with Crippen LogP contribution in [0.15, 0.2) is 24.8 Å². The van der Waals surface area contributed by atoms with Crippen molar-refractivity contribution < 1.29 is 0 Å². The molecule has 4 rings (SSSR count). The highest BCUT2D eigenvalue weighted by Crippen LogP contribution is 2.30. The third-order valence-electron chi connectivity index (χ3n) is 4.92. The molecule has 1 aliphatic carbocycles. The van der Waals surface area contributed by atoms with E-state index in [1.54, 1.807) is 6.33 Å². The number of imidazole rings is 1. The van der Waals surface area contributed by atoms with Crippen molar-refractivity contribution in [3.8, 4) is 0 Å². The van der Waals surface area contributed by atoms with E-state index >= 15 is 0 Å². The lowest BCUT2D eigenvalue weighted by Gasteiger charge is -2.26. The van der Waals surface area contributed by atoms with E-state index in [0.717, 1.165) is 43.0 Å². The van der Waals surface area contributed by atoms with Gasteiger partial charge in [-0.15, -0.1) is 0 Å². The Morgan fingerprint density at radius 1 is 1.22 bits per heavy atom. The minimum atomic E-state index is 0.481. The van der Waals surface area contributed by atoms with Gasteiger partial charge in [0, 0.05) is 44.1 Å². The molecule has 2 fully saturated rings. The van der Waals surface area contributed by atoms with Gasteiger partial charge < -0.3 is 14.8 Å². The van der Waals surface area contributed by atoms with Gasteiger partial charge in [-0.25, -0.2) is 15.0 Å². The lowest BCUT2D eigenvalue weighted by atomic mass is 10.2. The molecule has 122 valence electrons. The number of aromatic nitrogens is 4. The highest BCUT2D eigenvalue weighted by Gasteiger charge is 2.27. The smallest absolute Gasteiger partial charge is 0.134 e. The predicted octanol–water partition coefficient (Wildman–Crippen LogP) is 2.47. The molecule has 0 bridgehead atoms. The number of nitrogens with one attached hydrogen (secondary N) is 1. The summed E-state index contributed by atoms with van der Waals surface area (Å²) in [6, 6.07) is 2.58. The Labute approximate surface area is 137 Å². The number of rotatable bonds is 6. The number of hydrogen-bond acceptors (Lipinski definition) is 5. The van der Waals surface area contributed by atoms with Crippen molar-refractivity contribution in [1.82, 2.24) is 19.5 Å². The second kappa shape index (κ2) is 6.18. The Balaban J connectivity index is 1.46. The van der Waals surface area contributed by atoms with Gasteiger partial charge in [-0.2, -0.15) is 0 Å². The second-order valence-corrected chi connectivity index (χ2v) is 6.70. The van der Waals surface area contributed by atoms with Crippen LogP contribution in [-0.2, 0) is 6.54 Å². The molecule has 1 N–H and O–H groups in total. The molecule has 6 nitrogen and oxygen atoms in total. The third kappa shape index (κ3) is 3.30. The lowest BCUT2D eigenvalue weighted by Crippen LogP contribution is -2.33. The molecule has 23 heavy (non-hydrogen) atoms. The van der Waals surface area contributed by atoms with E-state index in [2.05, 4.69) is 48.9 Å². The maximum Gasteiger partial charge on any atom is 0.134 e. The Bertz CT molecular complexity index is 663. The fourth-order valence-electron chi connectivity index (χ4n) is 3.32. The van der Waals surface area contributed by atoms with Crippen molar-refractivity contribution >= 4 is 11.6 Å². The van der Waals surface area contributed by atoms with Gasteiger partial charge in [-0.1, -0.05) is 0 Å². The molecule has 0 spiro atoms. The van der Waals surface area contributed by atoms with Gasteiger partial charge in [-0.05, 0) is 38.5 Å². The molecule has 0 radical (unpaired) electrons. The number of aryl methyl sites for hydroxylation is 1. The van der Waals surface area contributed by atoms with Crippen LogP contribution in [0.4, 0.5) is 11.6 Å². The third-order valence-corrected chi connectivity index (χ3v) is 4.92. The SMILES string of the molecule is Cc1nccn1C[C@H]1CCCN1c1cc(NCC2CC2)ncn1. The van der Waals surface area contributed by atoms with Crippen molar-refractivity contribution in [2.75, 3.05) is 23.3 Å². The normalized spacial score (nSPS) is 20.9. The summed E-state index contributed by atoms with van der Waals surface area (Å²) in [6.07, 6.45) is 10.7. The summed E-state index contributed by atoms with van der Waals surface area (Å²) < 4.78 is 2.23. The zero-order valence-corrected chi connectivity index (χ0v) is 13.6. The van der Waals surface area contributed by atoms with Crippen molar-refractivity contribution in [2.45, 2.75) is 45.2 Å². The average Bonchev–Trinajstić information content (AvgIpc) is 3.15. The van der Waals surface area contributed by atoms with Gasteiger partial charge in [0.15, 0.2) is 0 Å². The molecule has 6 heteroatoms.